The molecule has 0 aliphatic carbocycles. The third-order valence-electron chi connectivity index (χ3n) is 4.43. The van der Waals surface area contributed by atoms with Crippen LogP contribution >= 0.6 is 23.4 Å². The minimum Gasteiger partial charge on any atom is -0.325 e. The Morgan fingerprint density at radius 3 is 2.72 bits per heavy atom. The molecule has 0 bridgehead atoms. The van der Waals surface area contributed by atoms with Gasteiger partial charge in [0.25, 0.3) is 0 Å². The van der Waals surface area contributed by atoms with Crippen LogP contribution < -0.4 is 10.6 Å². The number of nitrogens with zero attached hydrogens (tertiary/aromatic N) is 1. The van der Waals surface area contributed by atoms with Crippen LogP contribution in [0.5, 0.6) is 0 Å². The Morgan fingerprint density at radius 2 is 2.07 bits per heavy atom. The first-order chi connectivity index (χ1) is 13.9. The first kappa shape index (κ1) is 20.9. The third kappa shape index (κ3) is 5.17. The standard InChI is InChI=1S/C21H17ClFN3O2S/c1-12-2-7-15(8-18(12)22)25-20(28)11-29-21-17(10-24)16(9-19(27)26-21)13-3-5-14(23)6-4-13/h2-8,16H,9,11H2,1H3,(H,25,28)(H,26,27)/t16-/m1/s1. The van der Waals surface area contributed by atoms with E-state index in [4.69, 9.17) is 11.6 Å². The lowest BCUT2D eigenvalue weighted by atomic mass is 9.87. The molecule has 1 aliphatic heterocycles. The van der Waals surface area contributed by atoms with Gasteiger partial charge in [-0.15, -0.1) is 0 Å². The summed E-state index contributed by atoms with van der Waals surface area (Å²) in [6, 6.07) is 13.0. The monoisotopic (exact) mass is 429 g/mol. The number of carbonyl (C=O) groups excluding carboxylic acids is 2. The first-order valence-corrected chi connectivity index (χ1v) is 10.1. The van der Waals surface area contributed by atoms with Crippen LogP contribution in [0.3, 0.4) is 0 Å². The van der Waals surface area contributed by atoms with Gasteiger partial charge in [0.15, 0.2) is 0 Å². The second-order valence-electron chi connectivity index (χ2n) is 6.51. The number of carbonyl (C=O) groups is 2. The molecule has 0 fully saturated rings. The number of halogens is 2. The van der Waals surface area contributed by atoms with Crippen LogP contribution in [-0.4, -0.2) is 17.6 Å². The van der Waals surface area contributed by atoms with Crippen LogP contribution in [0.2, 0.25) is 5.02 Å². The molecule has 1 atom stereocenters. The highest BCUT2D eigenvalue weighted by Crippen LogP contribution is 2.36. The highest BCUT2D eigenvalue weighted by Gasteiger charge is 2.29. The quantitative estimate of drug-likeness (QED) is 0.733. The van der Waals surface area contributed by atoms with Crippen molar-refractivity contribution < 1.29 is 14.0 Å². The number of thioether (sulfide) groups is 1. The number of aryl methyl sites for hydroxylation is 1. The van der Waals surface area contributed by atoms with Crippen molar-refractivity contribution in [3.8, 4) is 6.07 Å². The summed E-state index contributed by atoms with van der Waals surface area (Å²) >= 11 is 7.14. The SMILES string of the molecule is Cc1ccc(NC(=O)CSC2=C(C#N)[C@@H](c3ccc(F)cc3)CC(=O)N2)cc1Cl. The molecule has 0 radical (unpaired) electrons. The van der Waals surface area contributed by atoms with Crippen molar-refractivity contribution in [3.05, 3.63) is 75.0 Å². The average molecular weight is 430 g/mol. The van der Waals surface area contributed by atoms with Crippen LogP contribution in [0.1, 0.15) is 23.5 Å². The van der Waals surface area contributed by atoms with Gasteiger partial charge in [0.05, 0.1) is 22.4 Å². The summed E-state index contributed by atoms with van der Waals surface area (Å²) < 4.78 is 13.2. The van der Waals surface area contributed by atoms with Gasteiger partial charge in [-0.25, -0.2) is 4.39 Å². The molecule has 5 nitrogen and oxygen atoms in total. The van der Waals surface area contributed by atoms with Gasteiger partial charge in [-0.05, 0) is 42.3 Å². The maximum atomic E-state index is 13.2. The number of hydrogen-bond acceptors (Lipinski definition) is 4. The van der Waals surface area contributed by atoms with Gasteiger partial charge >= 0.3 is 0 Å². The highest BCUT2D eigenvalue weighted by atomic mass is 35.5. The van der Waals surface area contributed by atoms with Crippen molar-refractivity contribution in [1.82, 2.24) is 5.32 Å². The molecular weight excluding hydrogens is 413 g/mol. The summed E-state index contributed by atoms with van der Waals surface area (Å²) in [4.78, 5) is 24.4. The van der Waals surface area contributed by atoms with Gasteiger partial charge in [0, 0.05) is 23.0 Å². The number of benzene rings is 2. The minimum atomic E-state index is -0.476. The average Bonchev–Trinajstić information content (AvgIpc) is 2.69. The normalized spacial score (nSPS) is 16.2. The van der Waals surface area contributed by atoms with E-state index in [1.807, 2.05) is 6.92 Å². The zero-order chi connectivity index (χ0) is 21.0. The smallest absolute Gasteiger partial charge is 0.234 e. The summed E-state index contributed by atoms with van der Waals surface area (Å²) in [5, 5.41) is 15.9. The molecule has 1 heterocycles. The van der Waals surface area contributed by atoms with Gasteiger partial charge in [0.2, 0.25) is 11.8 Å². The number of amides is 2. The molecule has 8 heteroatoms. The molecule has 1 aliphatic rings. The second-order valence-corrected chi connectivity index (χ2v) is 7.90. The van der Waals surface area contributed by atoms with Crippen molar-refractivity contribution in [2.45, 2.75) is 19.3 Å². The lowest BCUT2D eigenvalue weighted by Gasteiger charge is -2.25. The predicted octanol–water partition coefficient (Wildman–Crippen LogP) is 4.50. The summed E-state index contributed by atoms with van der Waals surface area (Å²) in [6.45, 7) is 1.86. The minimum absolute atomic E-state index is 0.00241. The fourth-order valence-corrected chi connectivity index (χ4v) is 3.98. The second kappa shape index (κ2) is 9.12. The highest BCUT2D eigenvalue weighted by molar-refractivity contribution is 8.03. The van der Waals surface area contributed by atoms with Gasteiger partial charge in [-0.1, -0.05) is 41.6 Å². The molecule has 0 unspecified atom stereocenters. The van der Waals surface area contributed by atoms with Crippen LogP contribution in [0.4, 0.5) is 10.1 Å². The zero-order valence-electron chi connectivity index (χ0n) is 15.5. The fraction of sp³-hybridized carbons (Fsp3) is 0.190. The molecule has 0 saturated heterocycles. The van der Waals surface area contributed by atoms with Crippen molar-refractivity contribution in [2.24, 2.45) is 0 Å². The van der Waals surface area contributed by atoms with Gasteiger partial charge in [-0.3, -0.25) is 9.59 Å². The van der Waals surface area contributed by atoms with E-state index in [1.165, 1.54) is 12.1 Å². The summed E-state index contributed by atoms with van der Waals surface area (Å²) in [6.07, 6.45) is 0.0899. The molecule has 3 rings (SSSR count). The van der Waals surface area contributed by atoms with E-state index in [1.54, 1.807) is 30.3 Å². The van der Waals surface area contributed by atoms with E-state index in [0.717, 1.165) is 17.3 Å². The van der Waals surface area contributed by atoms with E-state index in [9.17, 15) is 19.2 Å². The maximum absolute atomic E-state index is 13.2. The van der Waals surface area contributed by atoms with E-state index in [-0.39, 0.29) is 29.8 Å². The Labute approximate surface area is 176 Å². The molecule has 2 N–H and O–H groups in total. The van der Waals surface area contributed by atoms with E-state index in [2.05, 4.69) is 16.7 Å². The van der Waals surface area contributed by atoms with Gasteiger partial charge < -0.3 is 10.6 Å². The van der Waals surface area contributed by atoms with E-state index in [0.29, 0.717) is 26.9 Å². The number of anilines is 1. The van der Waals surface area contributed by atoms with Crippen LogP contribution in [-0.2, 0) is 9.59 Å². The number of rotatable bonds is 5. The molecule has 2 aromatic carbocycles. The van der Waals surface area contributed by atoms with Crippen molar-refractivity contribution in [3.63, 3.8) is 0 Å². The lowest BCUT2D eigenvalue weighted by molar-refractivity contribution is -0.121. The first-order valence-electron chi connectivity index (χ1n) is 8.75. The lowest BCUT2D eigenvalue weighted by Crippen LogP contribution is -2.31. The molecule has 2 amide bonds. The number of hydrogen-bond donors (Lipinski definition) is 2. The molecule has 0 saturated carbocycles. The Balaban J connectivity index is 1.74. The Hall–Kier alpha value is -2.82. The van der Waals surface area contributed by atoms with Crippen molar-refractivity contribution in [1.29, 1.82) is 5.26 Å². The summed E-state index contributed by atoms with van der Waals surface area (Å²) in [5.41, 5.74) is 2.50. The largest absolute Gasteiger partial charge is 0.325 e. The molecule has 2 aromatic rings. The third-order valence-corrected chi connectivity index (χ3v) is 5.86. The van der Waals surface area contributed by atoms with Crippen LogP contribution in [0, 0.1) is 24.1 Å². The predicted molar refractivity (Wildman–Crippen MR) is 112 cm³/mol. The van der Waals surface area contributed by atoms with E-state index < -0.39 is 5.92 Å². The fourth-order valence-electron chi connectivity index (χ4n) is 2.92. The molecular formula is C21H17ClFN3O2S. The molecule has 0 aromatic heterocycles. The topological polar surface area (TPSA) is 82.0 Å². The number of nitrogens with one attached hydrogen (secondary N) is 2. The van der Waals surface area contributed by atoms with Gasteiger partial charge in [0.1, 0.15) is 5.82 Å². The Morgan fingerprint density at radius 1 is 1.34 bits per heavy atom. The summed E-state index contributed by atoms with van der Waals surface area (Å²) in [5.74, 6) is -1.41. The Kier molecular flexibility index (Phi) is 6.57. The van der Waals surface area contributed by atoms with Crippen LogP contribution in [0.25, 0.3) is 0 Å². The molecule has 148 valence electrons. The van der Waals surface area contributed by atoms with Crippen molar-refractivity contribution in [2.75, 3.05) is 11.1 Å². The van der Waals surface area contributed by atoms with Crippen LogP contribution in [0.15, 0.2) is 53.1 Å². The maximum Gasteiger partial charge on any atom is 0.234 e. The number of allylic oxidation sites excluding steroid dienone is 1. The van der Waals surface area contributed by atoms with Crippen molar-refractivity contribution >= 4 is 40.9 Å². The van der Waals surface area contributed by atoms with E-state index >= 15 is 0 Å². The molecule has 0 spiro atoms. The van der Waals surface area contributed by atoms with Gasteiger partial charge in [-0.2, -0.15) is 5.26 Å². The zero-order valence-corrected chi connectivity index (χ0v) is 17.0. The summed E-state index contributed by atoms with van der Waals surface area (Å²) in [7, 11) is 0. The molecule has 29 heavy (non-hydrogen) atoms. The number of nitriles is 1. The Bertz CT molecular complexity index is 1030.